The number of nitrogens with zero attached hydrogens (tertiary/aromatic N) is 4. The highest BCUT2D eigenvalue weighted by Crippen LogP contribution is 2.33. The number of nitrogens with one attached hydrogen (secondary N) is 2. The molecule has 0 unspecified atom stereocenters. The molecule has 0 bridgehead atoms. The lowest BCUT2D eigenvalue weighted by Gasteiger charge is -2.32. The third-order valence-electron chi connectivity index (χ3n) is 6.19. The van der Waals surface area contributed by atoms with Gasteiger partial charge in [-0.15, -0.1) is 11.3 Å². The Bertz CT molecular complexity index is 1340. The number of halogens is 3. The van der Waals surface area contributed by atoms with Gasteiger partial charge in [0.25, 0.3) is 0 Å². The van der Waals surface area contributed by atoms with Crippen molar-refractivity contribution in [3.63, 3.8) is 0 Å². The first-order valence-electron chi connectivity index (χ1n) is 11.1. The number of likely N-dealkylation sites (tertiary alicyclic amines) is 1. The number of rotatable bonds is 6. The van der Waals surface area contributed by atoms with E-state index in [1.54, 1.807) is 6.07 Å². The number of hydrogen-bond donors (Lipinski definition) is 2. The van der Waals surface area contributed by atoms with Gasteiger partial charge in [-0.05, 0) is 42.2 Å². The van der Waals surface area contributed by atoms with Gasteiger partial charge in [-0.3, -0.25) is 4.90 Å². The number of piperidine rings is 1. The first-order chi connectivity index (χ1) is 16.4. The van der Waals surface area contributed by atoms with Crippen molar-refractivity contribution >= 4 is 38.3 Å². The molecule has 4 heterocycles. The number of H-pyrrole nitrogens is 1. The molecule has 3 aromatic heterocycles. The molecule has 0 saturated carbocycles. The van der Waals surface area contributed by atoms with E-state index in [9.17, 15) is 13.2 Å². The van der Waals surface area contributed by atoms with Crippen LogP contribution in [0.5, 0.6) is 0 Å². The zero-order chi connectivity index (χ0) is 23.7. The van der Waals surface area contributed by atoms with Crippen molar-refractivity contribution in [2.24, 2.45) is 0 Å². The maximum absolute atomic E-state index is 12.8. The molecule has 0 radical (unpaired) electrons. The molecule has 1 saturated heterocycles. The van der Waals surface area contributed by atoms with Crippen molar-refractivity contribution in [1.82, 2.24) is 19.9 Å². The highest BCUT2D eigenvalue weighted by atomic mass is 32.1. The van der Waals surface area contributed by atoms with Crippen molar-refractivity contribution in [2.75, 3.05) is 18.4 Å². The summed E-state index contributed by atoms with van der Waals surface area (Å²) in [7, 11) is 0. The Morgan fingerprint density at radius 3 is 2.76 bits per heavy atom. The fourth-order valence-corrected chi connectivity index (χ4v) is 5.56. The van der Waals surface area contributed by atoms with E-state index in [1.807, 2.05) is 18.3 Å². The molecule has 0 aliphatic carbocycles. The summed E-state index contributed by atoms with van der Waals surface area (Å²) in [6.07, 6.45) is 0.480. The van der Waals surface area contributed by atoms with E-state index in [4.69, 9.17) is 5.26 Å². The van der Waals surface area contributed by atoms with Crippen molar-refractivity contribution in [3.05, 3.63) is 52.8 Å². The van der Waals surface area contributed by atoms with E-state index < -0.39 is 12.6 Å². The van der Waals surface area contributed by atoms with Crippen LogP contribution >= 0.6 is 11.3 Å². The van der Waals surface area contributed by atoms with Crippen LogP contribution in [0.15, 0.2) is 36.8 Å². The molecule has 34 heavy (non-hydrogen) atoms. The topological polar surface area (TPSA) is 80.6 Å². The fourth-order valence-electron chi connectivity index (χ4n) is 4.53. The molecule has 5 rings (SSSR count). The van der Waals surface area contributed by atoms with Crippen LogP contribution in [-0.4, -0.2) is 45.2 Å². The number of nitriles is 1. The van der Waals surface area contributed by atoms with E-state index >= 15 is 0 Å². The lowest BCUT2D eigenvalue weighted by atomic mass is 10.0. The van der Waals surface area contributed by atoms with Gasteiger partial charge in [-0.25, -0.2) is 9.97 Å². The maximum Gasteiger partial charge on any atom is 0.393 e. The second-order valence-electron chi connectivity index (χ2n) is 8.67. The van der Waals surface area contributed by atoms with E-state index in [-0.39, 0.29) is 10.9 Å². The molecule has 176 valence electrons. The smallest absolute Gasteiger partial charge is 0.367 e. The molecule has 0 amide bonds. The Labute approximate surface area is 198 Å². The summed E-state index contributed by atoms with van der Waals surface area (Å²) in [6.45, 7) is 2.63. The van der Waals surface area contributed by atoms with Gasteiger partial charge in [0, 0.05) is 47.7 Å². The van der Waals surface area contributed by atoms with Gasteiger partial charge in [0.15, 0.2) is 0 Å². The predicted octanol–water partition coefficient (Wildman–Crippen LogP) is 5.42. The van der Waals surface area contributed by atoms with Crippen LogP contribution in [0.25, 0.3) is 21.1 Å². The van der Waals surface area contributed by atoms with Crippen molar-refractivity contribution in [2.45, 2.75) is 44.4 Å². The summed E-state index contributed by atoms with van der Waals surface area (Å²) in [6, 6.07) is 10.1. The maximum atomic E-state index is 12.8. The van der Waals surface area contributed by atoms with Crippen LogP contribution < -0.4 is 5.32 Å². The Kier molecular flexibility index (Phi) is 6.15. The summed E-state index contributed by atoms with van der Waals surface area (Å²) in [5, 5.41) is 14.2. The number of benzene rings is 1. The van der Waals surface area contributed by atoms with Crippen LogP contribution in [0.2, 0.25) is 0 Å². The SMILES string of the molecule is N#CCc1ccc2[nH]cc(CN3CCC(Nc4ncnc5sc(CC(F)(F)F)cc45)CC3)c2c1. The van der Waals surface area contributed by atoms with Crippen LogP contribution in [0.4, 0.5) is 19.0 Å². The molecule has 10 heteroatoms. The number of hydrogen-bond acceptors (Lipinski definition) is 6. The van der Waals surface area contributed by atoms with Crippen LogP contribution in [0.1, 0.15) is 28.8 Å². The van der Waals surface area contributed by atoms with Gasteiger partial charge < -0.3 is 10.3 Å². The summed E-state index contributed by atoms with van der Waals surface area (Å²) in [4.78, 5) is 15.0. The third kappa shape index (κ3) is 5.00. The molecule has 1 aliphatic heterocycles. The highest BCUT2D eigenvalue weighted by molar-refractivity contribution is 7.18. The van der Waals surface area contributed by atoms with Gasteiger partial charge >= 0.3 is 6.18 Å². The van der Waals surface area contributed by atoms with Gasteiger partial charge in [0.2, 0.25) is 0 Å². The molecule has 0 atom stereocenters. The first kappa shape index (κ1) is 22.6. The normalized spacial score (nSPS) is 15.7. The summed E-state index contributed by atoms with van der Waals surface area (Å²) >= 11 is 1.07. The number of thiophene rings is 1. The Balaban J connectivity index is 1.22. The molecule has 6 nitrogen and oxygen atoms in total. The predicted molar refractivity (Wildman–Crippen MR) is 127 cm³/mol. The van der Waals surface area contributed by atoms with E-state index in [2.05, 4.69) is 37.3 Å². The molecule has 2 N–H and O–H groups in total. The monoisotopic (exact) mass is 484 g/mol. The van der Waals surface area contributed by atoms with Gasteiger partial charge in [0.05, 0.1) is 24.3 Å². The fraction of sp³-hybridized carbons (Fsp3) is 0.375. The molecule has 4 aromatic rings. The van der Waals surface area contributed by atoms with Crippen LogP contribution in [-0.2, 0) is 19.4 Å². The largest absolute Gasteiger partial charge is 0.393 e. The Hall–Kier alpha value is -3.16. The molecule has 1 aliphatic rings. The van der Waals surface area contributed by atoms with Crippen LogP contribution in [0.3, 0.4) is 0 Å². The van der Waals surface area contributed by atoms with Crippen molar-refractivity contribution < 1.29 is 13.2 Å². The minimum absolute atomic E-state index is 0.200. The summed E-state index contributed by atoms with van der Waals surface area (Å²) in [5.41, 5.74) is 3.30. The standard InChI is InChI=1S/C24H23F3N6S/c25-24(26,27)11-18-10-20-22(30-14-31-23(20)34-18)32-17-4-7-33(8-5-17)13-16-12-29-21-2-1-15(3-6-28)9-19(16)21/h1-2,9-10,12,14,17,29H,3-5,7-8,11,13H2,(H,30,31,32). The average molecular weight is 485 g/mol. The highest BCUT2D eigenvalue weighted by Gasteiger charge is 2.29. The van der Waals surface area contributed by atoms with Gasteiger partial charge in [0.1, 0.15) is 17.0 Å². The van der Waals surface area contributed by atoms with Crippen molar-refractivity contribution in [1.29, 1.82) is 5.26 Å². The average Bonchev–Trinajstić information content (AvgIpc) is 3.38. The second-order valence-corrected chi connectivity index (χ2v) is 9.78. The molecular formula is C24H23F3N6S. The van der Waals surface area contributed by atoms with Crippen LogP contribution in [0, 0.1) is 11.3 Å². The number of alkyl halides is 3. The summed E-state index contributed by atoms with van der Waals surface area (Å²) < 4.78 is 38.4. The lowest BCUT2D eigenvalue weighted by Crippen LogP contribution is -2.38. The Morgan fingerprint density at radius 2 is 2.00 bits per heavy atom. The third-order valence-corrected chi connectivity index (χ3v) is 7.24. The minimum Gasteiger partial charge on any atom is -0.367 e. The number of aromatic amines is 1. The molecule has 1 fully saturated rings. The van der Waals surface area contributed by atoms with Gasteiger partial charge in [-0.2, -0.15) is 18.4 Å². The zero-order valence-electron chi connectivity index (χ0n) is 18.3. The first-order valence-corrected chi connectivity index (χ1v) is 11.9. The van der Waals surface area contributed by atoms with E-state index in [1.165, 1.54) is 11.9 Å². The Morgan fingerprint density at radius 1 is 1.18 bits per heavy atom. The van der Waals surface area contributed by atoms with E-state index in [0.29, 0.717) is 22.5 Å². The molecule has 0 spiro atoms. The second kappa shape index (κ2) is 9.24. The quantitative estimate of drug-likeness (QED) is 0.382. The minimum atomic E-state index is -4.24. The number of aromatic nitrogens is 3. The van der Waals surface area contributed by atoms with Gasteiger partial charge in [-0.1, -0.05) is 6.07 Å². The molecular weight excluding hydrogens is 461 g/mol. The lowest BCUT2D eigenvalue weighted by molar-refractivity contribution is -0.126. The molecule has 1 aromatic carbocycles. The zero-order valence-corrected chi connectivity index (χ0v) is 19.1. The number of fused-ring (bicyclic) bond motifs is 2. The summed E-state index contributed by atoms with van der Waals surface area (Å²) in [5.74, 6) is 0.606. The number of anilines is 1. The van der Waals surface area contributed by atoms with E-state index in [0.717, 1.165) is 60.3 Å². The van der Waals surface area contributed by atoms with Crippen molar-refractivity contribution in [3.8, 4) is 6.07 Å².